The third-order valence-corrected chi connectivity index (χ3v) is 4.05. The number of hydrogen-bond acceptors (Lipinski definition) is 5. The van der Waals surface area contributed by atoms with Crippen molar-refractivity contribution in [2.24, 2.45) is 7.05 Å². The summed E-state index contributed by atoms with van der Waals surface area (Å²) >= 11 is 0. The van der Waals surface area contributed by atoms with Crippen molar-refractivity contribution < 1.29 is 14.3 Å². The molecule has 2 aromatic rings. The number of aryl methyl sites for hydroxylation is 1. The minimum atomic E-state index is -0.105. The van der Waals surface area contributed by atoms with Crippen LogP contribution in [0.3, 0.4) is 0 Å². The van der Waals surface area contributed by atoms with Crippen LogP contribution < -0.4 is 4.74 Å². The molecule has 1 aromatic carbocycles. The van der Waals surface area contributed by atoms with E-state index in [1.165, 1.54) is 6.08 Å². The lowest BCUT2D eigenvalue weighted by atomic mass is 10.1. The molecule has 1 aliphatic heterocycles. The summed E-state index contributed by atoms with van der Waals surface area (Å²) in [5.74, 6) is 0.730. The monoisotopic (exact) mass is 341 g/mol. The smallest absolute Gasteiger partial charge is 0.206 e. The number of ketones is 1. The first-order valence-electron chi connectivity index (χ1n) is 8.46. The van der Waals surface area contributed by atoms with E-state index < -0.39 is 0 Å². The van der Waals surface area contributed by atoms with Gasteiger partial charge in [0.1, 0.15) is 18.1 Å². The van der Waals surface area contributed by atoms with Gasteiger partial charge in [0.05, 0.1) is 13.2 Å². The minimum absolute atomic E-state index is 0.105. The van der Waals surface area contributed by atoms with Gasteiger partial charge in [-0.05, 0) is 29.8 Å². The number of morpholine rings is 1. The van der Waals surface area contributed by atoms with Crippen LogP contribution in [0.2, 0.25) is 0 Å². The van der Waals surface area contributed by atoms with Crippen molar-refractivity contribution >= 4 is 11.9 Å². The molecule has 0 saturated carbocycles. The Bertz CT molecular complexity index is 716. The van der Waals surface area contributed by atoms with E-state index in [1.807, 2.05) is 24.3 Å². The van der Waals surface area contributed by atoms with Gasteiger partial charge in [-0.1, -0.05) is 18.2 Å². The topological polar surface area (TPSA) is 56.6 Å². The molecule has 0 unspecified atom stereocenters. The summed E-state index contributed by atoms with van der Waals surface area (Å²) in [5, 5.41) is 4.09. The van der Waals surface area contributed by atoms with Crippen LogP contribution in [0.1, 0.15) is 16.1 Å². The summed E-state index contributed by atoms with van der Waals surface area (Å²) in [4.78, 5) is 14.3. The lowest BCUT2D eigenvalue weighted by molar-refractivity contribution is 0.0322. The van der Waals surface area contributed by atoms with Crippen molar-refractivity contribution in [3.8, 4) is 5.75 Å². The van der Waals surface area contributed by atoms with E-state index in [2.05, 4.69) is 10.00 Å². The van der Waals surface area contributed by atoms with Crippen LogP contribution in [0.15, 0.2) is 42.6 Å². The molecule has 1 saturated heterocycles. The Morgan fingerprint density at radius 3 is 2.68 bits per heavy atom. The molecular weight excluding hydrogens is 318 g/mol. The fourth-order valence-corrected chi connectivity index (χ4v) is 2.60. The first kappa shape index (κ1) is 17.4. The molecule has 0 bridgehead atoms. The molecule has 2 heterocycles. The molecule has 0 N–H and O–H groups in total. The Kier molecular flexibility index (Phi) is 5.98. The fraction of sp³-hybridized carbons (Fsp3) is 0.368. The minimum Gasteiger partial charge on any atom is -0.492 e. The Balaban J connectivity index is 1.46. The average molecular weight is 341 g/mol. The normalized spacial score (nSPS) is 15.6. The van der Waals surface area contributed by atoms with Crippen molar-refractivity contribution in [3.63, 3.8) is 0 Å². The Hall–Kier alpha value is -2.44. The second-order valence-corrected chi connectivity index (χ2v) is 5.94. The van der Waals surface area contributed by atoms with Gasteiger partial charge in [0.25, 0.3) is 0 Å². The number of carbonyl (C=O) groups excluding carboxylic acids is 1. The highest BCUT2D eigenvalue weighted by atomic mass is 16.5. The highest BCUT2D eigenvalue weighted by molar-refractivity contribution is 6.05. The Labute approximate surface area is 147 Å². The Morgan fingerprint density at radius 2 is 2.00 bits per heavy atom. The summed E-state index contributed by atoms with van der Waals surface area (Å²) < 4.78 is 12.7. The highest BCUT2D eigenvalue weighted by Crippen LogP contribution is 2.14. The molecule has 0 aliphatic carbocycles. The molecule has 0 amide bonds. The quantitative estimate of drug-likeness (QED) is 0.570. The van der Waals surface area contributed by atoms with Crippen LogP contribution in [0, 0.1) is 0 Å². The predicted molar refractivity (Wildman–Crippen MR) is 95.8 cm³/mol. The fourth-order valence-electron chi connectivity index (χ4n) is 2.60. The second kappa shape index (κ2) is 8.60. The number of allylic oxidation sites excluding steroid dienone is 1. The van der Waals surface area contributed by atoms with E-state index in [0.717, 1.165) is 44.2 Å². The number of hydrogen-bond donors (Lipinski definition) is 0. The van der Waals surface area contributed by atoms with Crippen LogP contribution in [-0.4, -0.2) is 59.9 Å². The van der Waals surface area contributed by atoms with Crippen molar-refractivity contribution in [2.75, 3.05) is 39.5 Å². The number of nitrogens with zero attached hydrogens (tertiary/aromatic N) is 3. The van der Waals surface area contributed by atoms with Crippen molar-refractivity contribution in [1.82, 2.24) is 14.7 Å². The average Bonchev–Trinajstić information content (AvgIpc) is 3.08. The van der Waals surface area contributed by atoms with Crippen molar-refractivity contribution in [2.45, 2.75) is 0 Å². The van der Waals surface area contributed by atoms with Gasteiger partial charge in [0.2, 0.25) is 5.78 Å². The Morgan fingerprint density at radius 1 is 1.24 bits per heavy atom. The molecular formula is C19H23N3O3. The maximum Gasteiger partial charge on any atom is 0.206 e. The van der Waals surface area contributed by atoms with E-state index in [-0.39, 0.29) is 5.78 Å². The van der Waals surface area contributed by atoms with E-state index in [4.69, 9.17) is 9.47 Å². The maximum atomic E-state index is 12.0. The zero-order valence-corrected chi connectivity index (χ0v) is 14.4. The van der Waals surface area contributed by atoms with Gasteiger partial charge < -0.3 is 9.47 Å². The number of ether oxygens (including phenoxy) is 2. The largest absolute Gasteiger partial charge is 0.492 e. The molecule has 1 aromatic heterocycles. The van der Waals surface area contributed by atoms with Gasteiger partial charge in [-0.2, -0.15) is 5.10 Å². The van der Waals surface area contributed by atoms with Gasteiger partial charge in [0.15, 0.2) is 0 Å². The van der Waals surface area contributed by atoms with Gasteiger partial charge >= 0.3 is 0 Å². The van der Waals surface area contributed by atoms with E-state index in [0.29, 0.717) is 12.3 Å². The third-order valence-electron chi connectivity index (χ3n) is 4.05. The summed E-state index contributed by atoms with van der Waals surface area (Å²) in [6.45, 7) is 5.11. The van der Waals surface area contributed by atoms with Gasteiger partial charge in [-0.25, -0.2) is 0 Å². The van der Waals surface area contributed by atoms with E-state index >= 15 is 0 Å². The van der Waals surface area contributed by atoms with Crippen LogP contribution in [-0.2, 0) is 11.8 Å². The lowest BCUT2D eigenvalue weighted by Gasteiger charge is -2.26. The molecule has 0 radical (unpaired) electrons. The number of rotatable bonds is 7. The summed E-state index contributed by atoms with van der Waals surface area (Å²) in [6, 6.07) is 9.42. The second-order valence-electron chi connectivity index (χ2n) is 5.94. The zero-order valence-electron chi connectivity index (χ0n) is 14.4. The molecule has 0 atom stereocenters. The molecule has 6 heteroatoms. The zero-order chi connectivity index (χ0) is 17.5. The summed E-state index contributed by atoms with van der Waals surface area (Å²) in [7, 11) is 1.79. The van der Waals surface area contributed by atoms with Crippen molar-refractivity contribution in [1.29, 1.82) is 0 Å². The van der Waals surface area contributed by atoms with Crippen LogP contribution >= 0.6 is 0 Å². The SMILES string of the molecule is Cn1ccc(C(=O)/C=C/c2ccc(OCCN3CCOCC3)cc2)n1. The molecule has 3 rings (SSSR count). The van der Waals surface area contributed by atoms with Crippen LogP contribution in [0.4, 0.5) is 0 Å². The summed E-state index contributed by atoms with van der Waals surface area (Å²) in [5.41, 5.74) is 1.40. The van der Waals surface area contributed by atoms with Gasteiger partial charge in [-0.15, -0.1) is 0 Å². The predicted octanol–water partition coefficient (Wildman–Crippen LogP) is 2.03. The first-order valence-corrected chi connectivity index (χ1v) is 8.46. The van der Waals surface area contributed by atoms with Gasteiger partial charge in [-0.3, -0.25) is 14.4 Å². The van der Waals surface area contributed by atoms with Gasteiger partial charge in [0, 0.05) is 32.9 Å². The molecule has 6 nitrogen and oxygen atoms in total. The molecule has 132 valence electrons. The number of carbonyl (C=O) groups is 1. The third kappa shape index (κ3) is 5.27. The van der Waals surface area contributed by atoms with E-state index in [9.17, 15) is 4.79 Å². The van der Waals surface area contributed by atoms with Crippen molar-refractivity contribution in [3.05, 3.63) is 53.9 Å². The highest BCUT2D eigenvalue weighted by Gasteiger charge is 2.09. The molecule has 1 aliphatic rings. The standard InChI is InChI=1S/C19H23N3O3/c1-21-9-8-18(20-21)19(23)7-4-16-2-5-17(6-3-16)25-15-12-22-10-13-24-14-11-22/h2-9H,10-15H2,1H3/b7-4+. The maximum absolute atomic E-state index is 12.0. The molecule has 25 heavy (non-hydrogen) atoms. The van der Waals surface area contributed by atoms with Crippen LogP contribution in [0.5, 0.6) is 5.75 Å². The lowest BCUT2D eigenvalue weighted by Crippen LogP contribution is -2.38. The first-order chi connectivity index (χ1) is 12.2. The summed E-state index contributed by atoms with van der Waals surface area (Å²) in [6.07, 6.45) is 5.08. The van der Waals surface area contributed by atoms with Crippen LogP contribution in [0.25, 0.3) is 6.08 Å². The molecule has 0 spiro atoms. The number of benzene rings is 1. The molecule has 1 fully saturated rings. The van der Waals surface area contributed by atoms with E-state index in [1.54, 1.807) is 30.1 Å². The number of aromatic nitrogens is 2.